The summed E-state index contributed by atoms with van der Waals surface area (Å²) in [7, 11) is -5.02. The predicted molar refractivity (Wildman–Crippen MR) is 163 cm³/mol. The fourth-order valence-corrected chi connectivity index (χ4v) is 6.05. The van der Waals surface area contributed by atoms with Crippen molar-refractivity contribution in [1.82, 2.24) is 5.32 Å². The van der Waals surface area contributed by atoms with Crippen molar-refractivity contribution in [2.24, 2.45) is 0 Å². The van der Waals surface area contributed by atoms with E-state index in [2.05, 4.69) is 12.2 Å². The van der Waals surface area contributed by atoms with E-state index in [9.17, 15) is 44.6 Å². The Morgan fingerprint density at radius 2 is 1.18 bits per heavy atom. The van der Waals surface area contributed by atoms with Crippen molar-refractivity contribution in [2.75, 3.05) is 13.2 Å². The first kappa shape index (κ1) is 40.9. The molecule has 44 heavy (non-hydrogen) atoms. The van der Waals surface area contributed by atoms with E-state index in [1.165, 1.54) is 57.8 Å². The summed E-state index contributed by atoms with van der Waals surface area (Å²) in [5.41, 5.74) is 0. The third kappa shape index (κ3) is 17.0. The molecule has 0 aromatic carbocycles. The van der Waals surface area contributed by atoms with E-state index in [1.807, 2.05) is 6.92 Å². The fraction of sp³-hybridized carbons (Fsp3) is 0.933. The lowest BCUT2D eigenvalue weighted by atomic mass is 9.85. The quantitative estimate of drug-likeness (QED) is 0.0430. The molecule has 4 unspecified atom stereocenters. The number of aliphatic hydroxyl groups is 5. The average Bonchev–Trinajstić information content (AvgIpc) is 2.98. The molecule has 0 bridgehead atoms. The molecule has 7 N–H and O–H groups in total. The Labute approximate surface area is 262 Å². The van der Waals surface area contributed by atoms with Gasteiger partial charge in [0.25, 0.3) is 0 Å². The summed E-state index contributed by atoms with van der Waals surface area (Å²) in [4.78, 5) is 34.5. The molecule has 1 fully saturated rings. The molecule has 13 nitrogen and oxygen atoms in total. The van der Waals surface area contributed by atoms with Crippen LogP contribution in [-0.2, 0) is 27.9 Å². The van der Waals surface area contributed by atoms with E-state index >= 15 is 0 Å². The minimum atomic E-state index is -5.02. The highest BCUT2D eigenvalue weighted by Crippen LogP contribution is 2.47. The van der Waals surface area contributed by atoms with Crippen molar-refractivity contribution < 1.29 is 58.4 Å². The van der Waals surface area contributed by atoms with Gasteiger partial charge in [-0.15, -0.1) is 0 Å². The van der Waals surface area contributed by atoms with Crippen LogP contribution in [-0.4, -0.2) is 98.2 Å². The number of carbonyl (C=O) groups is 2. The molecule has 0 spiro atoms. The molecule has 8 atom stereocenters. The Balaban J connectivity index is 2.48. The van der Waals surface area contributed by atoms with E-state index in [0.717, 1.165) is 19.3 Å². The van der Waals surface area contributed by atoms with Crippen molar-refractivity contribution in [3.8, 4) is 0 Å². The summed E-state index contributed by atoms with van der Waals surface area (Å²) in [6, 6.07) is 0. The van der Waals surface area contributed by atoms with E-state index in [4.69, 9.17) is 13.8 Å². The zero-order chi connectivity index (χ0) is 33.0. The van der Waals surface area contributed by atoms with Crippen LogP contribution in [0.2, 0.25) is 0 Å². The number of phosphoric ester groups is 1. The van der Waals surface area contributed by atoms with Crippen molar-refractivity contribution in [2.45, 2.75) is 166 Å². The second kappa shape index (κ2) is 23.2. The molecule has 0 heterocycles. The summed E-state index contributed by atoms with van der Waals surface area (Å²) in [6.45, 7) is 3.59. The van der Waals surface area contributed by atoms with E-state index in [1.54, 1.807) is 0 Å². The number of amides is 1. The highest BCUT2D eigenvalue weighted by molar-refractivity contribution is 7.47. The van der Waals surface area contributed by atoms with E-state index in [0.29, 0.717) is 19.3 Å². The lowest BCUT2D eigenvalue weighted by Crippen LogP contribution is -2.64. The molecule has 0 aromatic rings. The van der Waals surface area contributed by atoms with Crippen LogP contribution in [0.15, 0.2) is 0 Å². The SMILES string of the molecule is CCCCCCCCCCCCCCCC(=O)O[C@H](CCNC(=O)CCC)COP(=O)(O)OC1C(O)[C@@H](O)C(O)[C@@H](O)[C@H]1O. The summed E-state index contributed by atoms with van der Waals surface area (Å²) in [5, 5.41) is 52.2. The number of aliphatic hydroxyl groups excluding tert-OH is 5. The van der Waals surface area contributed by atoms with Crippen LogP contribution in [0.3, 0.4) is 0 Å². The summed E-state index contributed by atoms with van der Waals surface area (Å²) >= 11 is 0. The number of unbranched alkanes of at least 4 members (excludes halogenated alkanes) is 12. The minimum Gasteiger partial charge on any atom is -0.460 e. The molecule has 1 amide bonds. The normalized spacial score (nSPS) is 25.7. The molecule has 0 radical (unpaired) electrons. The van der Waals surface area contributed by atoms with Crippen molar-refractivity contribution >= 4 is 19.7 Å². The van der Waals surface area contributed by atoms with Crippen molar-refractivity contribution in [3.05, 3.63) is 0 Å². The average molecular weight is 656 g/mol. The molecule has 0 saturated heterocycles. The largest absolute Gasteiger partial charge is 0.472 e. The third-order valence-electron chi connectivity index (χ3n) is 7.80. The Kier molecular flexibility index (Phi) is 21.6. The van der Waals surface area contributed by atoms with Crippen LogP contribution in [0.25, 0.3) is 0 Å². The summed E-state index contributed by atoms with van der Waals surface area (Å²) in [6.07, 6.45) is 3.57. The predicted octanol–water partition coefficient (Wildman–Crippen LogP) is 3.01. The number of esters is 1. The fourth-order valence-electron chi connectivity index (χ4n) is 5.08. The third-order valence-corrected chi connectivity index (χ3v) is 8.78. The highest BCUT2D eigenvalue weighted by atomic mass is 31.2. The highest BCUT2D eigenvalue weighted by Gasteiger charge is 2.51. The monoisotopic (exact) mass is 655 g/mol. The van der Waals surface area contributed by atoms with Gasteiger partial charge in [-0.1, -0.05) is 90.9 Å². The van der Waals surface area contributed by atoms with Gasteiger partial charge in [0, 0.05) is 25.8 Å². The van der Waals surface area contributed by atoms with Gasteiger partial charge in [0.1, 0.15) is 42.7 Å². The standard InChI is InChI=1S/C30H58NO12P/c1-3-5-6-7-8-9-10-11-12-13-14-15-16-18-24(33)42-22(19-20-31-23(32)17-4-2)21-41-44(39,40)43-30-28(37)26(35)25(34)27(36)29(30)38/h22,25-30,34-38H,3-21H2,1-2H3,(H,31,32)(H,39,40)/t22-,25?,26-,27+,28-,29?,30?/m1/s1. The number of hydrogen-bond acceptors (Lipinski definition) is 11. The van der Waals surface area contributed by atoms with Gasteiger partial charge in [0.15, 0.2) is 0 Å². The molecular weight excluding hydrogens is 597 g/mol. The maximum Gasteiger partial charge on any atom is 0.472 e. The Bertz CT molecular complexity index is 818. The van der Waals surface area contributed by atoms with Gasteiger partial charge in [0.2, 0.25) is 5.91 Å². The van der Waals surface area contributed by atoms with Gasteiger partial charge < -0.3 is 40.5 Å². The summed E-state index contributed by atoms with van der Waals surface area (Å²) < 4.78 is 27.8. The Hall–Kier alpha value is -1.15. The van der Waals surface area contributed by atoms with Crippen LogP contribution in [0.5, 0.6) is 0 Å². The molecule has 1 rings (SSSR count). The van der Waals surface area contributed by atoms with E-state index in [-0.39, 0.29) is 25.3 Å². The number of hydrogen-bond donors (Lipinski definition) is 7. The second-order valence-electron chi connectivity index (χ2n) is 11.8. The number of phosphoric acid groups is 1. The van der Waals surface area contributed by atoms with Crippen LogP contribution < -0.4 is 5.32 Å². The lowest BCUT2D eigenvalue weighted by Gasteiger charge is -2.41. The molecule has 260 valence electrons. The van der Waals surface area contributed by atoms with Crippen LogP contribution in [0.1, 0.15) is 123 Å². The smallest absolute Gasteiger partial charge is 0.460 e. The zero-order valence-electron chi connectivity index (χ0n) is 26.6. The number of rotatable bonds is 25. The van der Waals surface area contributed by atoms with Gasteiger partial charge in [-0.05, 0) is 12.8 Å². The zero-order valence-corrected chi connectivity index (χ0v) is 27.5. The first-order valence-electron chi connectivity index (χ1n) is 16.5. The maximum atomic E-state index is 12.6. The first-order chi connectivity index (χ1) is 20.9. The number of carbonyl (C=O) groups excluding carboxylic acids is 2. The van der Waals surface area contributed by atoms with Crippen LogP contribution in [0, 0.1) is 0 Å². The molecule has 14 heteroatoms. The minimum absolute atomic E-state index is 0.0814. The summed E-state index contributed by atoms with van der Waals surface area (Å²) in [5.74, 6) is -0.713. The van der Waals surface area contributed by atoms with Gasteiger partial charge in [-0.2, -0.15) is 0 Å². The molecule has 1 aliphatic carbocycles. The topological polar surface area (TPSA) is 212 Å². The van der Waals surface area contributed by atoms with E-state index < -0.39 is 63.1 Å². The molecule has 0 aliphatic heterocycles. The molecule has 1 saturated carbocycles. The Morgan fingerprint density at radius 3 is 1.68 bits per heavy atom. The molecule has 0 aromatic heterocycles. The van der Waals surface area contributed by atoms with Gasteiger partial charge in [-0.3, -0.25) is 18.6 Å². The van der Waals surface area contributed by atoms with Crippen molar-refractivity contribution in [1.29, 1.82) is 0 Å². The van der Waals surface area contributed by atoms with Gasteiger partial charge in [-0.25, -0.2) is 4.57 Å². The van der Waals surface area contributed by atoms with Gasteiger partial charge in [0.05, 0.1) is 6.61 Å². The second-order valence-corrected chi connectivity index (χ2v) is 13.2. The number of nitrogens with one attached hydrogen (secondary N) is 1. The van der Waals surface area contributed by atoms with Crippen LogP contribution >= 0.6 is 7.82 Å². The van der Waals surface area contributed by atoms with Crippen molar-refractivity contribution in [3.63, 3.8) is 0 Å². The number of ether oxygens (including phenoxy) is 1. The maximum absolute atomic E-state index is 12.6. The first-order valence-corrected chi connectivity index (χ1v) is 17.9. The molecular formula is C30H58NO12P. The van der Waals surface area contributed by atoms with Crippen LogP contribution in [0.4, 0.5) is 0 Å². The Morgan fingerprint density at radius 1 is 0.705 bits per heavy atom. The lowest BCUT2D eigenvalue weighted by molar-refractivity contribution is -0.220. The van der Waals surface area contributed by atoms with Gasteiger partial charge >= 0.3 is 13.8 Å². The molecule has 1 aliphatic rings.